The second-order valence-corrected chi connectivity index (χ2v) is 12.4. The van der Waals surface area contributed by atoms with Gasteiger partial charge in [0.2, 0.25) is 5.06 Å². The molecule has 1 aromatic heterocycles. The summed E-state index contributed by atoms with van der Waals surface area (Å²) in [6, 6.07) is 12.3. The van der Waals surface area contributed by atoms with E-state index in [9.17, 15) is 18.0 Å². The summed E-state index contributed by atoms with van der Waals surface area (Å²) in [6.07, 6.45) is 5.70. The molecular weight excluding hydrogens is 516 g/mol. The van der Waals surface area contributed by atoms with Crippen LogP contribution in [0.15, 0.2) is 59.6 Å². The maximum atomic E-state index is 13.3. The Balaban J connectivity index is 1.29. The van der Waals surface area contributed by atoms with E-state index in [2.05, 4.69) is 10.3 Å². The maximum absolute atomic E-state index is 13.3. The van der Waals surface area contributed by atoms with Crippen LogP contribution in [0.3, 0.4) is 0 Å². The van der Waals surface area contributed by atoms with Crippen LogP contribution in [0.2, 0.25) is 0 Å². The van der Waals surface area contributed by atoms with Crippen molar-refractivity contribution in [2.75, 3.05) is 5.32 Å². The number of carboxylic acids is 1. The monoisotopic (exact) mass is 542 g/mol. The number of benzene rings is 2. The van der Waals surface area contributed by atoms with Crippen molar-refractivity contribution in [1.29, 1.82) is 0 Å². The molecule has 2 N–H and O–H groups in total. The molecule has 37 heavy (non-hydrogen) atoms. The summed E-state index contributed by atoms with van der Waals surface area (Å²) in [5, 5.41) is 12.2. The molecule has 3 aromatic rings. The predicted octanol–water partition coefficient (Wildman–Crippen LogP) is 5.21. The van der Waals surface area contributed by atoms with Crippen LogP contribution in [0.25, 0.3) is 0 Å². The quantitative estimate of drug-likeness (QED) is 0.357. The van der Waals surface area contributed by atoms with Crippen molar-refractivity contribution >= 4 is 38.2 Å². The summed E-state index contributed by atoms with van der Waals surface area (Å²) >= 11 is 1.12. The topological polar surface area (TPSA) is 132 Å². The molecule has 5 rings (SSSR count). The van der Waals surface area contributed by atoms with Crippen LogP contribution in [0, 0.1) is 0 Å². The first-order valence-electron chi connectivity index (χ1n) is 12.1. The highest BCUT2D eigenvalue weighted by Crippen LogP contribution is 2.35. The first kappa shape index (κ1) is 25.4. The third-order valence-corrected chi connectivity index (χ3v) is 9.45. The number of ether oxygens (including phenoxy) is 2. The van der Waals surface area contributed by atoms with E-state index in [1.807, 2.05) is 0 Å². The van der Waals surface area contributed by atoms with E-state index < -0.39 is 27.8 Å². The fourth-order valence-corrected chi connectivity index (χ4v) is 6.58. The van der Waals surface area contributed by atoms with Crippen molar-refractivity contribution in [2.24, 2.45) is 0 Å². The third-order valence-electron chi connectivity index (χ3n) is 6.38. The van der Waals surface area contributed by atoms with Crippen LogP contribution in [-0.2, 0) is 19.4 Å². The smallest absolute Gasteiger partial charge is 0.335 e. The first-order valence-corrected chi connectivity index (χ1v) is 14.4. The van der Waals surface area contributed by atoms with Crippen LogP contribution >= 0.6 is 11.3 Å². The van der Waals surface area contributed by atoms with Crippen LogP contribution < -0.4 is 10.1 Å². The van der Waals surface area contributed by atoms with Crippen LogP contribution in [0.5, 0.6) is 10.8 Å². The van der Waals surface area contributed by atoms with Gasteiger partial charge >= 0.3 is 5.97 Å². The second-order valence-electron chi connectivity index (χ2n) is 9.14. The molecule has 0 aliphatic heterocycles. The lowest BCUT2D eigenvalue weighted by atomic mass is 10.1. The number of amides is 1. The van der Waals surface area contributed by atoms with E-state index in [1.165, 1.54) is 18.3 Å². The zero-order valence-electron chi connectivity index (χ0n) is 19.8. The number of rotatable bonds is 10. The summed E-state index contributed by atoms with van der Waals surface area (Å²) in [7, 11) is -3.32. The summed E-state index contributed by atoms with van der Waals surface area (Å²) in [6.45, 7) is 0. The SMILES string of the molecule is O=C(O)c1ccc(Oc2cnc(NC(=O)C(OC3CCCC3)c3ccc(S(=O)(=O)C4CC4)cc3)s2)cc1. The number of carbonyl (C=O) groups excluding carboxylic acids is 1. The number of nitrogens with one attached hydrogen (secondary N) is 1. The molecule has 1 atom stereocenters. The first-order chi connectivity index (χ1) is 17.8. The Morgan fingerprint density at radius 1 is 1.00 bits per heavy atom. The van der Waals surface area contributed by atoms with Crippen molar-refractivity contribution < 1.29 is 32.6 Å². The molecular formula is C26H26N2O7S2. The number of thiazole rings is 1. The van der Waals surface area contributed by atoms with Gasteiger partial charge in [0.05, 0.1) is 28.0 Å². The normalized spacial score (nSPS) is 16.9. The summed E-state index contributed by atoms with van der Waals surface area (Å²) in [4.78, 5) is 28.8. The van der Waals surface area contributed by atoms with Crippen LogP contribution in [0.4, 0.5) is 5.13 Å². The van der Waals surface area contributed by atoms with Gasteiger partial charge in [-0.05, 0) is 67.6 Å². The molecule has 0 bridgehead atoms. The molecule has 9 nitrogen and oxygen atoms in total. The summed E-state index contributed by atoms with van der Waals surface area (Å²) in [5.41, 5.74) is 0.724. The number of hydrogen-bond acceptors (Lipinski definition) is 8. The largest absolute Gasteiger partial charge is 0.478 e. The summed E-state index contributed by atoms with van der Waals surface area (Å²) < 4.78 is 37.0. The molecule has 11 heteroatoms. The zero-order valence-corrected chi connectivity index (χ0v) is 21.5. The molecule has 194 valence electrons. The van der Waals surface area contributed by atoms with Crippen molar-refractivity contribution in [3.63, 3.8) is 0 Å². The van der Waals surface area contributed by atoms with E-state index in [0.717, 1.165) is 37.0 Å². The van der Waals surface area contributed by atoms with Crippen LogP contribution in [-0.4, -0.2) is 41.7 Å². The van der Waals surface area contributed by atoms with Crippen LogP contribution in [0.1, 0.15) is 60.6 Å². The minimum absolute atomic E-state index is 0.0467. The molecule has 2 saturated carbocycles. The van der Waals surface area contributed by atoms with E-state index >= 15 is 0 Å². The Kier molecular flexibility index (Phi) is 7.27. The Morgan fingerprint density at radius 2 is 1.68 bits per heavy atom. The highest BCUT2D eigenvalue weighted by Gasteiger charge is 2.37. The second kappa shape index (κ2) is 10.6. The Labute approximate surface area is 218 Å². The third kappa shape index (κ3) is 6.00. The molecule has 1 amide bonds. The Bertz CT molecular complexity index is 1380. The molecule has 2 aliphatic rings. The molecule has 1 heterocycles. The summed E-state index contributed by atoms with van der Waals surface area (Å²) in [5.74, 6) is -0.991. The number of anilines is 1. The lowest BCUT2D eigenvalue weighted by Gasteiger charge is -2.21. The van der Waals surface area contributed by atoms with Gasteiger partial charge in [-0.15, -0.1) is 0 Å². The van der Waals surface area contributed by atoms with E-state index in [0.29, 0.717) is 34.3 Å². The van der Waals surface area contributed by atoms with Gasteiger partial charge in [-0.25, -0.2) is 18.2 Å². The molecule has 0 spiro atoms. The van der Waals surface area contributed by atoms with Gasteiger partial charge in [0, 0.05) is 0 Å². The number of aromatic carboxylic acids is 1. The number of carboxylic acid groups (broad SMARTS) is 1. The van der Waals surface area contributed by atoms with Gasteiger partial charge in [0.25, 0.3) is 5.91 Å². The Morgan fingerprint density at radius 3 is 2.30 bits per heavy atom. The van der Waals surface area contributed by atoms with Crippen molar-refractivity contribution in [1.82, 2.24) is 4.98 Å². The zero-order chi connectivity index (χ0) is 26.0. The minimum atomic E-state index is -3.32. The predicted molar refractivity (Wildman–Crippen MR) is 137 cm³/mol. The standard InChI is InChI=1S/C26H26N2O7S2/c29-24(28-26-27-15-22(36-26)34-19-9-5-17(6-10-19)25(30)31)23(35-18-3-1-2-4-18)16-7-11-20(12-8-16)37(32,33)21-13-14-21/h5-12,15,18,21,23H,1-4,13-14H2,(H,30,31)(H,27,28,29). The van der Waals surface area contributed by atoms with Gasteiger partial charge in [-0.1, -0.05) is 36.3 Å². The minimum Gasteiger partial charge on any atom is -0.478 e. The molecule has 1 unspecified atom stereocenters. The van der Waals surface area contributed by atoms with E-state index in [-0.39, 0.29) is 21.8 Å². The van der Waals surface area contributed by atoms with Gasteiger partial charge in [0.1, 0.15) is 5.75 Å². The lowest BCUT2D eigenvalue weighted by molar-refractivity contribution is -0.131. The van der Waals surface area contributed by atoms with Crippen molar-refractivity contribution in [3.05, 3.63) is 65.9 Å². The van der Waals surface area contributed by atoms with Gasteiger partial charge in [-0.2, -0.15) is 0 Å². The van der Waals surface area contributed by atoms with Crippen molar-refractivity contribution in [2.45, 2.75) is 60.9 Å². The molecule has 2 aliphatic carbocycles. The number of sulfone groups is 1. The lowest BCUT2D eigenvalue weighted by Crippen LogP contribution is -2.26. The average Bonchev–Trinajstić information content (AvgIpc) is 3.47. The molecule has 0 radical (unpaired) electrons. The number of aromatic nitrogens is 1. The molecule has 2 fully saturated rings. The number of carbonyl (C=O) groups is 2. The van der Waals surface area contributed by atoms with E-state index in [1.54, 1.807) is 36.4 Å². The number of nitrogens with zero attached hydrogens (tertiary/aromatic N) is 1. The highest BCUT2D eigenvalue weighted by atomic mass is 32.2. The van der Waals surface area contributed by atoms with Gasteiger partial charge in [0.15, 0.2) is 21.1 Å². The van der Waals surface area contributed by atoms with Gasteiger partial charge < -0.3 is 14.6 Å². The van der Waals surface area contributed by atoms with Crippen molar-refractivity contribution in [3.8, 4) is 10.8 Å². The maximum Gasteiger partial charge on any atom is 0.335 e. The fourth-order valence-electron chi connectivity index (χ4n) is 4.23. The average molecular weight is 543 g/mol. The number of hydrogen-bond donors (Lipinski definition) is 2. The Hall–Kier alpha value is -3.28. The molecule has 2 aromatic carbocycles. The van der Waals surface area contributed by atoms with Gasteiger partial charge in [-0.3, -0.25) is 10.1 Å². The highest BCUT2D eigenvalue weighted by molar-refractivity contribution is 7.92. The van der Waals surface area contributed by atoms with E-state index in [4.69, 9.17) is 14.6 Å². The fraction of sp³-hybridized carbons (Fsp3) is 0.346. The molecule has 0 saturated heterocycles.